The number of carbonyl (C=O) groups is 2. The first kappa shape index (κ1) is 19.0. The Hall–Kier alpha value is -2.78. The van der Waals surface area contributed by atoms with Crippen molar-refractivity contribution in [3.05, 3.63) is 42.0 Å². The lowest BCUT2D eigenvalue weighted by molar-refractivity contribution is -0.113. The molecule has 0 aliphatic heterocycles. The molecule has 0 aliphatic carbocycles. The fraction of sp³-hybridized carbons (Fsp3) is 0.167. The lowest BCUT2D eigenvalue weighted by Crippen LogP contribution is -2.17. The van der Waals surface area contributed by atoms with Crippen LogP contribution in [0.4, 0.5) is 5.69 Å². The van der Waals surface area contributed by atoms with Crippen molar-refractivity contribution >= 4 is 50.9 Å². The minimum Gasteiger partial charge on any atom is -0.493 e. The lowest BCUT2D eigenvalue weighted by atomic mass is 10.1. The second-order valence-corrected chi connectivity index (χ2v) is 7.60. The van der Waals surface area contributed by atoms with Crippen molar-refractivity contribution in [2.75, 3.05) is 25.3 Å². The number of carbonyl (C=O) groups excluding carboxylic acids is 1. The van der Waals surface area contributed by atoms with Crippen molar-refractivity contribution < 1.29 is 24.2 Å². The summed E-state index contributed by atoms with van der Waals surface area (Å²) in [6.07, 6.45) is 0. The molecule has 0 atom stereocenters. The number of benzene rings is 2. The van der Waals surface area contributed by atoms with Crippen LogP contribution >= 0.6 is 23.1 Å². The van der Waals surface area contributed by atoms with E-state index in [1.54, 1.807) is 0 Å². The number of hydrogen-bond acceptors (Lipinski definition) is 7. The van der Waals surface area contributed by atoms with Crippen LogP contribution in [0.25, 0.3) is 10.2 Å². The molecule has 9 heteroatoms. The summed E-state index contributed by atoms with van der Waals surface area (Å²) in [5.74, 6) is -0.805. The highest BCUT2D eigenvalue weighted by molar-refractivity contribution is 8.01. The predicted octanol–water partition coefficient (Wildman–Crippen LogP) is 3.74. The molecule has 7 nitrogen and oxygen atoms in total. The van der Waals surface area contributed by atoms with Crippen LogP contribution in [-0.4, -0.2) is 41.9 Å². The highest BCUT2D eigenvalue weighted by Gasteiger charge is 2.18. The molecule has 27 heavy (non-hydrogen) atoms. The Labute approximate surface area is 163 Å². The average molecular weight is 404 g/mol. The van der Waals surface area contributed by atoms with Crippen molar-refractivity contribution in [2.45, 2.75) is 4.34 Å². The average Bonchev–Trinajstić information content (AvgIpc) is 3.08. The van der Waals surface area contributed by atoms with Crippen LogP contribution in [0.5, 0.6) is 11.5 Å². The van der Waals surface area contributed by atoms with E-state index in [0.29, 0.717) is 5.75 Å². The molecule has 140 valence electrons. The van der Waals surface area contributed by atoms with Gasteiger partial charge in [0.2, 0.25) is 5.91 Å². The number of ether oxygens (including phenoxy) is 2. The molecule has 2 N–H and O–H groups in total. The number of amides is 1. The number of nitrogens with zero attached hydrogens (tertiary/aromatic N) is 1. The molecule has 0 bridgehead atoms. The number of thioether (sulfide) groups is 1. The smallest absolute Gasteiger partial charge is 0.337 e. The van der Waals surface area contributed by atoms with Gasteiger partial charge in [-0.25, -0.2) is 9.78 Å². The second kappa shape index (κ2) is 8.28. The number of rotatable bonds is 7. The zero-order valence-corrected chi connectivity index (χ0v) is 16.1. The summed E-state index contributed by atoms with van der Waals surface area (Å²) < 4.78 is 12.1. The molecule has 0 radical (unpaired) electrons. The Morgan fingerprint density at radius 3 is 2.56 bits per heavy atom. The minimum absolute atomic E-state index is 0.0778. The number of fused-ring (bicyclic) bond motifs is 1. The van der Waals surface area contributed by atoms with Gasteiger partial charge < -0.3 is 19.9 Å². The largest absolute Gasteiger partial charge is 0.493 e. The van der Waals surface area contributed by atoms with Crippen molar-refractivity contribution in [1.29, 1.82) is 0 Å². The van der Waals surface area contributed by atoms with Crippen LogP contribution in [0.2, 0.25) is 0 Å². The summed E-state index contributed by atoms with van der Waals surface area (Å²) in [7, 11) is 2.85. The van der Waals surface area contributed by atoms with Crippen LogP contribution < -0.4 is 14.8 Å². The number of methoxy groups -OCH3 is 2. The van der Waals surface area contributed by atoms with E-state index >= 15 is 0 Å². The van der Waals surface area contributed by atoms with Crippen LogP contribution in [0, 0.1) is 0 Å². The standard InChI is InChI=1S/C18H16N2O5S2/c1-24-13-7-10(17(22)23)12(8-14(13)25-2)19-16(21)9-26-18-20-11-5-3-4-6-15(11)27-18/h3-8H,9H2,1-2H3,(H,19,21)(H,22,23). The summed E-state index contributed by atoms with van der Waals surface area (Å²) in [5.41, 5.74) is 0.958. The Bertz CT molecular complexity index is 970. The third kappa shape index (κ3) is 4.32. The molecular formula is C18H16N2O5S2. The van der Waals surface area contributed by atoms with Crippen molar-refractivity contribution in [2.24, 2.45) is 0 Å². The van der Waals surface area contributed by atoms with E-state index in [2.05, 4.69) is 10.3 Å². The van der Waals surface area contributed by atoms with Gasteiger partial charge in [0.15, 0.2) is 15.8 Å². The molecule has 1 heterocycles. The second-order valence-electron chi connectivity index (χ2n) is 5.34. The number of nitrogens with one attached hydrogen (secondary N) is 1. The van der Waals surface area contributed by atoms with Gasteiger partial charge in [-0.05, 0) is 12.1 Å². The van der Waals surface area contributed by atoms with Crippen LogP contribution in [0.3, 0.4) is 0 Å². The summed E-state index contributed by atoms with van der Waals surface area (Å²) in [5, 5.41) is 12.0. The topological polar surface area (TPSA) is 97.8 Å². The molecule has 2 aromatic carbocycles. The van der Waals surface area contributed by atoms with Crippen LogP contribution in [0.1, 0.15) is 10.4 Å². The first-order valence-electron chi connectivity index (χ1n) is 7.79. The summed E-state index contributed by atoms with van der Waals surface area (Å²) in [6, 6.07) is 10.5. The zero-order valence-electron chi connectivity index (χ0n) is 14.5. The van der Waals surface area contributed by atoms with Gasteiger partial charge >= 0.3 is 5.97 Å². The monoisotopic (exact) mass is 404 g/mol. The maximum absolute atomic E-state index is 12.3. The van der Waals surface area contributed by atoms with E-state index in [1.165, 1.54) is 49.5 Å². The highest BCUT2D eigenvalue weighted by Crippen LogP contribution is 2.34. The van der Waals surface area contributed by atoms with Gasteiger partial charge in [0, 0.05) is 12.1 Å². The van der Waals surface area contributed by atoms with Crippen molar-refractivity contribution in [1.82, 2.24) is 4.98 Å². The van der Waals surface area contributed by atoms with E-state index in [-0.39, 0.29) is 28.7 Å². The number of hydrogen-bond donors (Lipinski definition) is 2. The van der Waals surface area contributed by atoms with Crippen molar-refractivity contribution in [3.63, 3.8) is 0 Å². The third-order valence-electron chi connectivity index (χ3n) is 3.63. The quantitative estimate of drug-likeness (QED) is 0.579. The fourth-order valence-corrected chi connectivity index (χ4v) is 4.25. The van der Waals surface area contributed by atoms with Gasteiger partial charge in [-0.2, -0.15) is 0 Å². The Morgan fingerprint density at radius 1 is 1.19 bits per heavy atom. The van der Waals surface area contributed by atoms with Crippen LogP contribution in [-0.2, 0) is 4.79 Å². The Balaban J connectivity index is 1.73. The minimum atomic E-state index is -1.18. The van der Waals surface area contributed by atoms with E-state index in [4.69, 9.17) is 9.47 Å². The molecule has 0 saturated heterocycles. The molecule has 1 aromatic heterocycles. The number of anilines is 1. The summed E-state index contributed by atoms with van der Waals surface area (Å²) >= 11 is 2.80. The fourth-order valence-electron chi connectivity index (χ4n) is 2.39. The molecule has 3 aromatic rings. The van der Waals surface area contributed by atoms with Gasteiger partial charge in [0.05, 0.1) is 41.4 Å². The van der Waals surface area contributed by atoms with Gasteiger partial charge in [0.1, 0.15) is 0 Å². The van der Waals surface area contributed by atoms with E-state index in [0.717, 1.165) is 14.6 Å². The van der Waals surface area contributed by atoms with Gasteiger partial charge in [0.25, 0.3) is 0 Å². The molecule has 0 spiro atoms. The van der Waals surface area contributed by atoms with E-state index in [9.17, 15) is 14.7 Å². The first-order chi connectivity index (χ1) is 13.0. The molecule has 0 saturated carbocycles. The Morgan fingerprint density at radius 2 is 1.89 bits per heavy atom. The van der Waals surface area contributed by atoms with E-state index < -0.39 is 5.97 Å². The number of carboxylic acids is 1. The van der Waals surface area contributed by atoms with Gasteiger partial charge in [-0.15, -0.1) is 11.3 Å². The molecule has 1 amide bonds. The number of aromatic carboxylic acids is 1. The normalized spacial score (nSPS) is 10.6. The number of carboxylic acid groups (broad SMARTS) is 1. The van der Waals surface area contributed by atoms with Crippen LogP contribution in [0.15, 0.2) is 40.7 Å². The molecule has 0 aliphatic rings. The number of para-hydroxylation sites is 1. The first-order valence-corrected chi connectivity index (χ1v) is 9.59. The Kier molecular flexibility index (Phi) is 5.82. The molecule has 3 rings (SSSR count). The lowest BCUT2D eigenvalue weighted by Gasteiger charge is -2.13. The third-order valence-corrected chi connectivity index (χ3v) is 5.81. The highest BCUT2D eigenvalue weighted by atomic mass is 32.2. The maximum Gasteiger partial charge on any atom is 0.337 e. The molecule has 0 fully saturated rings. The molecular weight excluding hydrogens is 388 g/mol. The van der Waals surface area contributed by atoms with Crippen molar-refractivity contribution in [3.8, 4) is 11.5 Å². The predicted molar refractivity (Wildman–Crippen MR) is 105 cm³/mol. The van der Waals surface area contributed by atoms with Gasteiger partial charge in [-0.3, -0.25) is 4.79 Å². The maximum atomic E-state index is 12.3. The summed E-state index contributed by atoms with van der Waals surface area (Å²) in [4.78, 5) is 28.3. The number of aromatic nitrogens is 1. The zero-order chi connectivity index (χ0) is 19.4. The molecule has 0 unspecified atom stereocenters. The summed E-state index contributed by atoms with van der Waals surface area (Å²) in [6.45, 7) is 0. The van der Waals surface area contributed by atoms with Gasteiger partial charge in [-0.1, -0.05) is 23.9 Å². The number of thiazole rings is 1. The van der Waals surface area contributed by atoms with E-state index in [1.807, 2.05) is 24.3 Å². The SMILES string of the molecule is COc1cc(NC(=O)CSc2nc3ccccc3s2)c(C(=O)O)cc1OC.